The van der Waals surface area contributed by atoms with E-state index >= 15 is 0 Å². The van der Waals surface area contributed by atoms with Crippen LogP contribution in [0.5, 0.6) is 0 Å². The molecule has 0 aliphatic carbocycles. The van der Waals surface area contributed by atoms with Crippen molar-refractivity contribution in [3.05, 3.63) is 29.6 Å². The molecule has 0 aliphatic rings. The van der Waals surface area contributed by atoms with Crippen molar-refractivity contribution in [2.45, 2.75) is 19.6 Å². The summed E-state index contributed by atoms with van der Waals surface area (Å²) in [7, 11) is -1.74. The van der Waals surface area contributed by atoms with Gasteiger partial charge in [-0.2, -0.15) is 11.8 Å². The summed E-state index contributed by atoms with van der Waals surface area (Å²) in [5.41, 5.74) is 0.859. The number of halogens is 1. The zero-order valence-electron chi connectivity index (χ0n) is 9.48. The summed E-state index contributed by atoms with van der Waals surface area (Å²) < 4.78 is 13.1. The molecule has 0 bridgehead atoms. The molecule has 0 aromatic heterocycles. The van der Waals surface area contributed by atoms with Crippen molar-refractivity contribution in [1.29, 1.82) is 0 Å². The van der Waals surface area contributed by atoms with Crippen LogP contribution in [0, 0.1) is 11.7 Å². The van der Waals surface area contributed by atoms with E-state index in [1.54, 1.807) is 17.8 Å². The minimum Gasteiger partial charge on any atom is -0.423 e. The average molecular weight is 242 g/mol. The lowest BCUT2D eigenvalue weighted by Crippen LogP contribution is -2.33. The van der Waals surface area contributed by atoms with Crippen molar-refractivity contribution in [3.8, 4) is 0 Å². The molecule has 2 N–H and O–H groups in total. The van der Waals surface area contributed by atoms with Crippen LogP contribution < -0.4 is 5.46 Å². The van der Waals surface area contributed by atoms with E-state index in [2.05, 4.69) is 13.8 Å². The van der Waals surface area contributed by atoms with Gasteiger partial charge in [-0.15, -0.1) is 0 Å². The second-order valence-electron chi connectivity index (χ2n) is 4.14. The van der Waals surface area contributed by atoms with Crippen molar-refractivity contribution in [2.24, 2.45) is 5.92 Å². The molecule has 1 aromatic carbocycles. The molecule has 0 atom stereocenters. The maximum absolute atomic E-state index is 13.1. The average Bonchev–Trinajstić information content (AvgIpc) is 2.19. The molecule has 0 saturated heterocycles. The molecule has 5 heteroatoms. The Bertz CT molecular complexity index is 345. The van der Waals surface area contributed by atoms with E-state index in [1.807, 2.05) is 0 Å². The van der Waals surface area contributed by atoms with Crippen LogP contribution in [0.2, 0.25) is 0 Å². The van der Waals surface area contributed by atoms with Gasteiger partial charge in [0.1, 0.15) is 5.82 Å². The van der Waals surface area contributed by atoms with Gasteiger partial charge in [0, 0.05) is 11.2 Å². The van der Waals surface area contributed by atoms with Crippen molar-refractivity contribution in [1.82, 2.24) is 0 Å². The first-order chi connectivity index (χ1) is 7.50. The quantitative estimate of drug-likeness (QED) is 0.766. The van der Waals surface area contributed by atoms with E-state index in [0.29, 0.717) is 5.92 Å². The highest BCUT2D eigenvalue weighted by Crippen LogP contribution is 2.15. The first kappa shape index (κ1) is 13.5. The zero-order valence-corrected chi connectivity index (χ0v) is 10.3. The van der Waals surface area contributed by atoms with Gasteiger partial charge < -0.3 is 10.0 Å². The second kappa shape index (κ2) is 6.28. The smallest absolute Gasteiger partial charge is 0.423 e. The Morgan fingerprint density at radius 2 is 2.06 bits per heavy atom. The Morgan fingerprint density at radius 1 is 1.38 bits per heavy atom. The van der Waals surface area contributed by atoms with Crippen LogP contribution in [-0.2, 0) is 5.75 Å². The fourth-order valence-corrected chi connectivity index (χ4v) is 2.30. The minimum atomic E-state index is -1.74. The van der Waals surface area contributed by atoms with Crippen LogP contribution in [0.1, 0.15) is 19.4 Å². The highest BCUT2D eigenvalue weighted by Gasteiger charge is 2.16. The molecule has 0 spiro atoms. The molecule has 2 nitrogen and oxygen atoms in total. The maximum Gasteiger partial charge on any atom is 0.491 e. The zero-order chi connectivity index (χ0) is 12.1. The molecule has 0 heterocycles. The van der Waals surface area contributed by atoms with Gasteiger partial charge in [0.05, 0.1) is 0 Å². The van der Waals surface area contributed by atoms with E-state index in [9.17, 15) is 4.39 Å². The largest absolute Gasteiger partial charge is 0.491 e. The molecule has 16 heavy (non-hydrogen) atoms. The molecule has 0 amide bonds. The van der Waals surface area contributed by atoms with Gasteiger partial charge in [-0.05, 0) is 23.3 Å². The third kappa shape index (κ3) is 4.16. The first-order valence-electron chi connectivity index (χ1n) is 5.23. The summed E-state index contributed by atoms with van der Waals surface area (Å²) in [6, 6.07) is 4.46. The first-order valence-corrected chi connectivity index (χ1v) is 6.38. The monoisotopic (exact) mass is 242 g/mol. The SMILES string of the molecule is CC(C)CSCc1ccc(F)c(B(O)O)c1. The second-order valence-corrected chi connectivity index (χ2v) is 5.17. The van der Waals surface area contributed by atoms with Crippen molar-refractivity contribution in [2.75, 3.05) is 5.75 Å². The summed E-state index contributed by atoms with van der Waals surface area (Å²) in [5, 5.41) is 17.9. The number of rotatable bonds is 5. The lowest BCUT2D eigenvalue weighted by molar-refractivity contribution is 0.423. The Balaban J connectivity index is 2.64. The highest BCUT2D eigenvalue weighted by atomic mass is 32.2. The molecule has 1 rings (SSSR count). The molecule has 0 fully saturated rings. The van der Waals surface area contributed by atoms with Crippen LogP contribution in [0.15, 0.2) is 18.2 Å². The van der Waals surface area contributed by atoms with E-state index in [4.69, 9.17) is 10.0 Å². The number of thioether (sulfide) groups is 1. The van der Waals surface area contributed by atoms with Crippen LogP contribution in [0.4, 0.5) is 4.39 Å². The lowest BCUT2D eigenvalue weighted by atomic mass is 9.79. The van der Waals surface area contributed by atoms with Crippen LogP contribution in [0.3, 0.4) is 0 Å². The molecule has 1 aromatic rings. The molecule has 0 radical (unpaired) electrons. The fraction of sp³-hybridized carbons (Fsp3) is 0.455. The van der Waals surface area contributed by atoms with Gasteiger partial charge in [-0.1, -0.05) is 26.0 Å². The summed E-state index contributed by atoms with van der Waals surface area (Å²) in [4.78, 5) is 0. The Labute approximate surface area is 100 Å². The van der Waals surface area contributed by atoms with Gasteiger partial charge in [0.15, 0.2) is 0 Å². The molecular formula is C11H16BFO2S. The highest BCUT2D eigenvalue weighted by molar-refractivity contribution is 7.98. The Morgan fingerprint density at radius 3 is 2.62 bits per heavy atom. The molecule has 0 aliphatic heterocycles. The standard InChI is InChI=1S/C11H16BFO2S/c1-8(2)6-16-7-9-3-4-11(13)10(5-9)12(14)15/h3-5,8,14-15H,6-7H2,1-2H3. The normalized spacial score (nSPS) is 10.9. The van der Waals surface area contributed by atoms with Crippen LogP contribution in [-0.4, -0.2) is 22.9 Å². The predicted molar refractivity (Wildman–Crippen MR) is 67.2 cm³/mol. The Hall–Kier alpha value is -0.515. The maximum atomic E-state index is 13.1. The fourth-order valence-electron chi connectivity index (χ4n) is 1.29. The van der Waals surface area contributed by atoms with E-state index < -0.39 is 12.9 Å². The van der Waals surface area contributed by atoms with Gasteiger partial charge in [0.2, 0.25) is 0 Å². The van der Waals surface area contributed by atoms with Crippen molar-refractivity contribution < 1.29 is 14.4 Å². The summed E-state index contributed by atoms with van der Waals surface area (Å²) in [5.74, 6) is 1.84. The third-order valence-electron chi connectivity index (χ3n) is 2.06. The summed E-state index contributed by atoms with van der Waals surface area (Å²) in [6.45, 7) is 4.28. The van der Waals surface area contributed by atoms with Crippen LogP contribution in [0.25, 0.3) is 0 Å². The molecule has 0 unspecified atom stereocenters. The van der Waals surface area contributed by atoms with Crippen molar-refractivity contribution in [3.63, 3.8) is 0 Å². The predicted octanol–water partition coefficient (Wildman–Crippen LogP) is 1.39. The van der Waals surface area contributed by atoms with Gasteiger partial charge in [0.25, 0.3) is 0 Å². The van der Waals surface area contributed by atoms with Crippen molar-refractivity contribution >= 4 is 24.3 Å². The summed E-state index contributed by atoms with van der Waals surface area (Å²) >= 11 is 1.76. The third-order valence-corrected chi connectivity index (χ3v) is 3.50. The Kier molecular flexibility index (Phi) is 5.32. The van der Waals surface area contributed by atoms with Crippen LogP contribution >= 0.6 is 11.8 Å². The van der Waals surface area contributed by atoms with Gasteiger partial charge >= 0.3 is 7.12 Å². The number of benzene rings is 1. The van der Waals surface area contributed by atoms with E-state index in [1.165, 1.54) is 12.1 Å². The van der Waals surface area contributed by atoms with Gasteiger partial charge in [-0.3, -0.25) is 0 Å². The number of hydrogen-bond acceptors (Lipinski definition) is 3. The molecule has 88 valence electrons. The topological polar surface area (TPSA) is 40.5 Å². The van der Waals surface area contributed by atoms with E-state index in [0.717, 1.165) is 17.1 Å². The van der Waals surface area contributed by atoms with Gasteiger partial charge in [-0.25, -0.2) is 4.39 Å². The number of hydrogen-bond donors (Lipinski definition) is 2. The minimum absolute atomic E-state index is 0.0531. The molecule has 0 saturated carbocycles. The summed E-state index contributed by atoms with van der Waals surface area (Å²) in [6.07, 6.45) is 0. The lowest BCUT2D eigenvalue weighted by Gasteiger charge is -2.07. The molecular weight excluding hydrogens is 226 g/mol. The van der Waals surface area contributed by atoms with E-state index in [-0.39, 0.29) is 5.46 Å².